The summed E-state index contributed by atoms with van der Waals surface area (Å²) in [6.45, 7) is 11.7. The molecule has 2 N–H and O–H groups in total. The second-order valence-corrected chi connectivity index (χ2v) is 11.2. The predicted molar refractivity (Wildman–Crippen MR) is 111 cm³/mol. The maximum absolute atomic E-state index is 13.2. The van der Waals surface area contributed by atoms with Crippen LogP contribution in [0.25, 0.3) is 0 Å². The monoisotopic (exact) mass is 404 g/mol. The Labute approximate surface area is 174 Å². The van der Waals surface area contributed by atoms with E-state index in [4.69, 9.17) is 5.11 Å². The molecule has 0 aromatic rings. The van der Waals surface area contributed by atoms with Gasteiger partial charge in [-0.15, -0.1) is 0 Å². The highest BCUT2D eigenvalue weighted by molar-refractivity contribution is 6.07. The van der Waals surface area contributed by atoms with E-state index in [-0.39, 0.29) is 48.0 Å². The third kappa shape index (κ3) is 4.14. The number of carbonyl (C=O) groups is 3. The second kappa shape index (κ2) is 7.22. The zero-order valence-corrected chi connectivity index (χ0v) is 18.6. The normalized spacial score (nSPS) is 29.0. The summed E-state index contributed by atoms with van der Waals surface area (Å²) in [6.07, 6.45) is 6.47. The predicted octanol–water partition coefficient (Wildman–Crippen LogP) is 2.66. The number of aliphatic hydroxyl groups excluding tert-OH is 1. The van der Waals surface area contributed by atoms with Gasteiger partial charge in [-0.2, -0.15) is 0 Å². The summed E-state index contributed by atoms with van der Waals surface area (Å²) in [5.41, 5.74) is -1.51. The first-order valence-corrected chi connectivity index (χ1v) is 10.8. The first kappa shape index (κ1) is 22.0. The van der Waals surface area contributed by atoms with Crippen LogP contribution in [-0.4, -0.2) is 45.4 Å². The zero-order chi connectivity index (χ0) is 21.8. The van der Waals surface area contributed by atoms with Crippen molar-refractivity contribution in [3.05, 3.63) is 12.2 Å². The zero-order valence-electron chi connectivity index (χ0n) is 18.6. The molecule has 29 heavy (non-hydrogen) atoms. The molecular formula is C23H36N2O4. The molecule has 6 heteroatoms. The molecule has 0 radical (unpaired) electrons. The van der Waals surface area contributed by atoms with Gasteiger partial charge in [-0.05, 0) is 64.2 Å². The van der Waals surface area contributed by atoms with Crippen LogP contribution in [-0.2, 0) is 14.4 Å². The highest BCUT2D eigenvalue weighted by Gasteiger charge is 2.61. The van der Waals surface area contributed by atoms with Gasteiger partial charge in [0.2, 0.25) is 17.7 Å². The van der Waals surface area contributed by atoms with Gasteiger partial charge in [-0.1, -0.05) is 26.0 Å². The third-order valence-corrected chi connectivity index (χ3v) is 6.84. The summed E-state index contributed by atoms with van der Waals surface area (Å²) >= 11 is 0. The van der Waals surface area contributed by atoms with E-state index >= 15 is 0 Å². The summed E-state index contributed by atoms with van der Waals surface area (Å²) in [7, 11) is 0. The number of hydrogen-bond donors (Lipinski definition) is 2. The smallest absolute Gasteiger partial charge is 0.234 e. The van der Waals surface area contributed by atoms with Gasteiger partial charge in [0.15, 0.2) is 0 Å². The molecule has 3 amide bonds. The Morgan fingerprint density at radius 1 is 1.07 bits per heavy atom. The van der Waals surface area contributed by atoms with Gasteiger partial charge in [-0.25, -0.2) is 0 Å². The number of carbonyl (C=O) groups excluding carboxylic acids is 3. The lowest BCUT2D eigenvalue weighted by Crippen LogP contribution is -2.52. The minimum Gasteiger partial charge on any atom is -0.396 e. The first-order chi connectivity index (χ1) is 13.3. The number of allylic oxidation sites excluding steroid dienone is 2. The molecule has 2 fully saturated rings. The van der Waals surface area contributed by atoms with E-state index in [1.165, 1.54) is 4.90 Å². The van der Waals surface area contributed by atoms with E-state index in [1.54, 1.807) is 0 Å². The Bertz CT molecular complexity index is 707. The maximum atomic E-state index is 13.2. The lowest BCUT2D eigenvalue weighted by atomic mass is 9.76. The fraction of sp³-hybridized carbons (Fsp3) is 0.783. The standard InChI is InChI=1S/C23H36N2O4/c1-21(2,12-16(27)24-22(3,4)9-10-26)13-23(5,6)25-19(28)17-14-7-8-15(11-14)18(17)20(25)29/h7-8,14-15,17-18,26H,9-13H2,1-6H3,(H,24,27). The Morgan fingerprint density at radius 3 is 2.07 bits per heavy atom. The van der Waals surface area contributed by atoms with Crippen LogP contribution in [0.5, 0.6) is 0 Å². The molecule has 0 aromatic carbocycles. The van der Waals surface area contributed by atoms with Gasteiger partial charge in [0.1, 0.15) is 0 Å². The highest BCUT2D eigenvalue weighted by atomic mass is 16.3. The molecule has 4 atom stereocenters. The Kier molecular flexibility index (Phi) is 5.48. The van der Waals surface area contributed by atoms with Crippen molar-refractivity contribution in [2.24, 2.45) is 29.1 Å². The maximum Gasteiger partial charge on any atom is 0.234 e. The van der Waals surface area contributed by atoms with Gasteiger partial charge in [0.25, 0.3) is 0 Å². The van der Waals surface area contributed by atoms with E-state index in [0.29, 0.717) is 19.3 Å². The largest absolute Gasteiger partial charge is 0.396 e. The van der Waals surface area contributed by atoms with Crippen LogP contribution in [0.4, 0.5) is 0 Å². The van der Waals surface area contributed by atoms with Crippen LogP contribution in [0.3, 0.4) is 0 Å². The average Bonchev–Trinajstić information content (AvgIpc) is 3.18. The molecule has 4 unspecified atom stereocenters. The summed E-state index contributed by atoms with van der Waals surface area (Å²) < 4.78 is 0. The van der Waals surface area contributed by atoms with Crippen molar-refractivity contribution in [3.8, 4) is 0 Å². The molecule has 1 aliphatic heterocycles. The average molecular weight is 405 g/mol. The molecule has 6 nitrogen and oxygen atoms in total. The number of fused-ring (bicyclic) bond motifs is 5. The molecule has 1 heterocycles. The van der Waals surface area contributed by atoms with Gasteiger partial charge < -0.3 is 10.4 Å². The Hall–Kier alpha value is -1.69. The van der Waals surface area contributed by atoms with Crippen LogP contribution < -0.4 is 5.32 Å². The fourth-order valence-electron chi connectivity index (χ4n) is 6.01. The van der Waals surface area contributed by atoms with Crippen molar-refractivity contribution in [2.45, 2.75) is 78.3 Å². The molecule has 2 aliphatic carbocycles. The van der Waals surface area contributed by atoms with Gasteiger partial charge in [0, 0.05) is 24.1 Å². The molecule has 3 rings (SSSR count). The number of likely N-dealkylation sites (tertiary alicyclic amines) is 1. The molecule has 1 saturated carbocycles. The van der Waals surface area contributed by atoms with E-state index in [0.717, 1.165) is 6.42 Å². The number of aliphatic hydroxyl groups is 1. The molecule has 3 aliphatic rings. The van der Waals surface area contributed by atoms with Crippen molar-refractivity contribution in [1.29, 1.82) is 0 Å². The van der Waals surface area contributed by atoms with Crippen molar-refractivity contribution in [3.63, 3.8) is 0 Å². The van der Waals surface area contributed by atoms with E-state index in [9.17, 15) is 14.4 Å². The first-order valence-electron chi connectivity index (χ1n) is 10.8. The summed E-state index contributed by atoms with van der Waals surface area (Å²) in [4.78, 5) is 40.4. The number of imide groups is 1. The molecule has 1 saturated heterocycles. The number of amides is 3. The summed E-state index contributed by atoms with van der Waals surface area (Å²) in [5.74, 6) is -0.130. The second-order valence-electron chi connectivity index (χ2n) is 11.2. The van der Waals surface area contributed by atoms with E-state index < -0.39 is 16.5 Å². The lowest BCUT2D eigenvalue weighted by molar-refractivity contribution is -0.148. The Balaban J connectivity index is 1.68. The van der Waals surface area contributed by atoms with Crippen LogP contribution in [0.2, 0.25) is 0 Å². The molecular weight excluding hydrogens is 368 g/mol. The minimum absolute atomic E-state index is 0.0159. The van der Waals surface area contributed by atoms with Crippen LogP contribution in [0.1, 0.15) is 67.2 Å². The van der Waals surface area contributed by atoms with E-state index in [1.807, 2.05) is 41.5 Å². The van der Waals surface area contributed by atoms with Crippen LogP contribution >= 0.6 is 0 Å². The van der Waals surface area contributed by atoms with Gasteiger partial charge >= 0.3 is 0 Å². The van der Waals surface area contributed by atoms with Crippen LogP contribution in [0.15, 0.2) is 12.2 Å². The summed E-state index contributed by atoms with van der Waals surface area (Å²) in [5, 5.41) is 12.1. The highest BCUT2D eigenvalue weighted by Crippen LogP contribution is 2.54. The van der Waals surface area contributed by atoms with Crippen molar-refractivity contribution in [1.82, 2.24) is 10.2 Å². The van der Waals surface area contributed by atoms with Gasteiger partial charge in [0.05, 0.1) is 11.8 Å². The minimum atomic E-state index is -0.650. The van der Waals surface area contributed by atoms with Crippen molar-refractivity contribution >= 4 is 17.7 Å². The van der Waals surface area contributed by atoms with Crippen LogP contribution in [0, 0.1) is 29.1 Å². The molecule has 162 valence electrons. The third-order valence-electron chi connectivity index (χ3n) is 6.84. The number of hydrogen-bond acceptors (Lipinski definition) is 4. The summed E-state index contributed by atoms with van der Waals surface area (Å²) in [6, 6.07) is 0. The van der Waals surface area contributed by atoms with E-state index in [2.05, 4.69) is 17.5 Å². The number of rotatable bonds is 8. The fourth-order valence-corrected chi connectivity index (χ4v) is 6.01. The molecule has 2 bridgehead atoms. The van der Waals surface area contributed by atoms with Gasteiger partial charge in [-0.3, -0.25) is 19.3 Å². The number of nitrogens with zero attached hydrogens (tertiary/aromatic N) is 1. The topological polar surface area (TPSA) is 86.7 Å². The number of nitrogens with one attached hydrogen (secondary N) is 1. The Morgan fingerprint density at radius 2 is 1.59 bits per heavy atom. The molecule has 0 spiro atoms. The quantitative estimate of drug-likeness (QED) is 0.481. The molecule has 0 aromatic heterocycles. The SMILES string of the molecule is CC(C)(CC(=O)NC(C)(C)CCO)CC(C)(C)N1C(=O)C2C3C=CC(C3)C2C1=O. The van der Waals surface area contributed by atoms with Crippen molar-refractivity contribution in [2.75, 3.05) is 6.61 Å². The van der Waals surface area contributed by atoms with Crippen molar-refractivity contribution < 1.29 is 19.5 Å². The lowest BCUT2D eigenvalue weighted by Gasteiger charge is -2.41.